The first-order chi connectivity index (χ1) is 18.5. The molecule has 2 aromatic carbocycles. The molecule has 3 aromatic rings. The van der Waals surface area contributed by atoms with E-state index >= 15 is 0 Å². The summed E-state index contributed by atoms with van der Waals surface area (Å²) in [4.78, 5) is 21.8. The number of amides is 1. The number of hydrogen-bond acceptors (Lipinski definition) is 6. The van der Waals surface area contributed by atoms with E-state index in [9.17, 15) is 4.79 Å². The van der Waals surface area contributed by atoms with Crippen molar-refractivity contribution in [3.05, 3.63) is 81.6 Å². The van der Waals surface area contributed by atoms with Gasteiger partial charge in [0.15, 0.2) is 11.5 Å². The van der Waals surface area contributed by atoms with Crippen molar-refractivity contribution in [2.24, 2.45) is 0 Å². The number of ether oxygens (including phenoxy) is 3. The molecule has 4 rings (SSSR count). The Morgan fingerprint density at radius 1 is 0.895 bits per heavy atom. The molecular weight excluding hydrogens is 525 g/mol. The quantitative estimate of drug-likeness (QED) is 0.298. The van der Waals surface area contributed by atoms with E-state index in [0.717, 1.165) is 25.2 Å². The average molecular weight is 559 g/mol. The third-order valence-electron chi connectivity index (χ3n) is 6.32. The van der Waals surface area contributed by atoms with Gasteiger partial charge in [-0.2, -0.15) is 0 Å². The molecule has 0 saturated carbocycles. The highest BCUT2D eigenvalue weighted by atomic mass is 35.5. The Hall–Kier alpha value is -3.00. The lowest BCUT2D eigenvalue weighted by molar-refractivity contribution is 0.0627. The van der Waals surface area contributed by atoms with Crippen molar-refractivity contribution in [2.45, 2.75) is 26.8 Å². The molecule has 0 spiro atoms. The van der Waals surface area contributed by atoms with Gasteiger partial charge in [-0.15, -0.1) is 0 Å². The van der Waals surface area contributed by atoms with Crippen LogP contribution in [0.2, 0.25) is 10.0 Å². The molecule has 1 saturated heterocycles. The van der Waals surface area contributed by atoms with Crippen molar-refractivity contribution in [3.63, 3.8) is 0 Å². The third-order valence-corrected chi connectivity index (χ3v) is 6.90. The van der Waals surface area contributed by atoms with Crippen LogP contribution in [0.1, 0.15) is 35.3 Å². The minimum Gasteiger partial charge on any atom is -0.490 e. The van der Waals surface area contributed by atoms with E-state index in [4.69, 9.17) is 37.4 Å². The van der Waals surface area contributed by atoms with Gasteiger partial charge in [0.2, 0.25) is 5.75 Å². The summed E-state index contributed by atoms with van der Waals surface area (Å²) < 4.78 is 17.9. The fraction of sp³-hybridized carbons (Fsp3) is 0.379. The summed E-state index contributed by atoms with van der Waals surface area (Å²) >= 11 is 12.3. The molecule has 0 radical (unpaired) electrons. The molecule has 0 N–H and O–H groups in total. The Kier molecular flexibility index (Phi) is 10.1. The molecule has 1 amide bonds. The van der Waals surface area contributed by atoms with Crippen LogP contribution in [0.4, 0.5) is 0 Å². The topological polar surface area (TPSA) is 64.1 Å². The lowest BCUT2D eigenvalue weighted by Crippen LogP contribution is -2.48. The fourth-order valence-corrected chi connectivity index (χ4v) is 4.89. The molecule has 0 atom stereocenters. The number of piperazine rings is 1. The Balaban J connectivity index is 1.47. The Morgan fingerprint density at radius 3 is 2.24 bits per heavy atom. The summed E-state index contributed by atoms with van der Waals surface area (Å²) in [6.45, 7) is 8.75. The van der Waals surface area contributed by atoms with E-state index in [1.54, 1.807) is 36.7 Å². The van der Waals surface area contributed by atoms with Crippen molar-refractivity contribution in [3.8, 4) is 17.2 Å². The highest BCUT2D eigenvalue weighted by Crippen LogP contribution is 2.39. The molecule has 7 nitrogen and oxygen atoms in total. The number of rotatable bonds is 11. The van der Waals surface area contributed by atoms with Crippen LogP contribution >= 0.6 is 23.2 Å². The van der Waals surface area contributed by atoms with E-state index in [-0.39, 0.29) is 5.91 Å². The molecule has 9 heteroatoms. The number of hydrogen-bond donors (Lipinski definition) is 0. The monoisotopic (exact) mass is 557 g/mol. The largest absolute Gasteiger partial charge is 0.490 e. The Bertz CT molecular complexity index is 1220. The summed E-state index contributed by atoms with van der Waals surface area (Å²) in [5, 5.41) is 1.18. The van der Waals surface area contributed by atoms with Crippen LogP contribution in [-0.2, 0) is 13.0 Å². The third kappa shape index (κ3) is 7.31. The molecule has 0 aliphatic carbocycles. The number of nitrogens with zero attached hydrogens (tertiary/aromatic N) is 3. The molecule has 1 aliphatic rings. The standard InChI is InChI=1S/C29H33Cl2N3O4/c1-3-36-26-17-23(29(35)34-14-12-33(13-15-34)20-21-7-10-32-11-8-21)18-27(28(26)37-4-2)38-16-9-22-5-6-24(30)19-25(22)31/h5-8,10-11,17-19H,3-4,9,12-16,20H2,1-2H3. The molecule has 0 bridgehead atoms. The van der Waals surface area contributed by atoms with E-state index in [1.807, 2.05) is 36.9 Å². The van der Waals surface area contributed by atoms with Gasteiger partial charge in [-0.3, -0.25) is 14.7 Å². The smallest absolute Gasteiger partial charge is 0.254 e. The molecular formula is C29H33Cl2N3O4. The van der Waals surface area contributed by atoms with Crippen LogP contribution in [-0.4, -0.2) is 66.7 Å². The molecule has 1 fully saturated rings. The summed E-state index contributed by atoms with van der Waals surface area (Å²) in [6, 6.07) is 13.0. The van der Waals surface area contributed by atoms with E-state index in [2.05, 4.69) is 9.88 Å². The van der Waals surface area contributed by atoms with Gasteiger partial charge in [0.05, 0.1) is 19.8 Å². The number of aromatic nitrogens is 1. The van der Waals surface area contributed by atoms with Crippen molar-refractivity contribution in [1.82, 2.24) is 14.8 Å². The van der Waals surface area contributed by atoms with Crippen molar-refractivity contribution in [2.75, 3.05) is 46.0 Å². The zero-order valence-electron chi connectivity index (χ0n) is 21.8. The van der Waals surface area contributed by atoms with Gasteiger partial charge < -0.3 is 19.1 Å². The van der Waals surface area contributed by atoms with Gasteiger partial charge in [-0.1, -0.05) is 29.3 Å². The molecule has 1 aromatic heterocycles. The zero-order valence-corrected chi connectivity index (χ0v) is 23.3. The van der Waals surface area contributed by atoms with Crippen LogP contribution in [0.25, 0.3) is 0 Å². The minimum atomic E-state index is -0.0526. The maximum atomic E-state index is 13.5. The summed E-state index contributed by atoms with van der Waals surface area (Å²) in [7, 11) is 0. The van der Waals surface area contributed by atoms with Gasteiger partial charge in [0.25, 0.3) is 5.91 Å². The number of benzene rings is 2. The second-order valence-corrected chi connectivity index (χ2v) is 9.77. The summed E-state index contributed by atoms with van der Waals surface area (Å²) in [6.07, 6.45) is 4.19. The SMILES string of the molecule is CCOc1cc(C(=O)N2CCN(Cc3ccncc3)CC2)cc(OCCc2ccc(Cl)cc2Cl)c1OCC. The van der Waals surface area contributed by atoms with Gasteiger partial charge in [-0.05, 0) is 61.4 Å². The van der Waals surface area contributed by atoms with Crippen molar-refractivity contribution >= 4 is 29.1 Å². The lowest BCUT2D eigenvalue weighted by atomic mass is 10.1. The van der Waals surface area contributed by atoms with E-state index < -0.39 is 0 Å². The van der Waals surface area contributed by atoms with Crippen LogP contribution in [0.15, 0.2) is 54.9 Å². The Morgan fingerprint density at radius 2 is 1.58 bits per heavy atom. The normalized spacial score (nSPS) is 13.8. The second kappa shape index (κ2) is 13.7. The van der Waals surface area contributed by atoms with Crippen LogP contribution in [0.3, 0.4) is 0 Å². The minimum absolute atomic E-state index is 0.0526. The first-order valence-corrected chi connectivity index (χ1v) is 13.6. The molecule has 38 heavy (non-hydrogen) atoms. The summed E-state index contributed by atoms with van der Waals surface area (Å²) in [5.41, 5.74) is 2.66. The average Bonchev–Trinajstić information content (AvgIpc) is 2.92. The zero-order chi connectivity index (χ0) is 26.9. The van der Waals surface area contributed by atoms with E-state index in [0.29, 0.717) is 72.2 Å². The van der Waals surface area contributed by atoms with E-state index in [1.165, 1.54) is 5.56 Å². The summed E-state index contributed by atoms with van der Waals surface area (Å²) in [5.74, 6) is 1.41. The number of carbonyl (C=O) groups excluding carboxylic acids is 1. The van der Waals surface area contributed by atoms with Gasteiger partial charge in [-0.25, -0.2) is 0 Å². The molecule has 1 aliphatic heterocycles. The first kappa shape index (κ1) is 28.0. The van der Waals surface area contributed by atoms with Crippen molar-refractivity contribution in [1.29, 1.82) is 0 Å². The maximum Gasteiger partial charge on any atom is 0.254 e. The maximum absolute atomic E-state index is 13.5. The van der Waals surface area contributed by atoms with Crippen molar-refractivity contribution < 1.29 is 19.0 Å². The number of halogens is 2. The van der Waals surface area contributed by atoms with Crippen LogP contribution in [0, 0.1) is 0 Å². The van der Waals surface area contributed by atoms with Crippen LogP contribution in [0.5, 0.6) is 17.2 Å². The first-order valence-electron chi connectivity index (χ1n) is 12.9. The lowest BCUT2D eigenvalue weighted by Gasteiger charge is -2.35. The Labute approximate surface area is 234 Å². The van der Waals surface area contributed by atoms with Gasteiger partial charge in [0.1, 0.15) is 0 Å². The highest BCUT2D eigenvalue weighted by molar-refractivity contribution is 6.35. The van der Waals surface area contributed by atoms with Gasteiger partial charge in [0, 0.05) is 67.1 Å². The highest BCUT2D eigenvalue weighted by Gasteiger charge is 2.25. The number of pyridine rings is 1. The van der Waals surface area contributed by atoms with Crippen LogP contribution < -0.4 is 14.2 Å². The predicted molar refractivity (Wildman–Crippen MR) is 150 cm³/mol. The second-order valence-electron chi connectivity index (χ2n) is 8.93. The fourth-order valence-electron chi connectivity index (χ4n) is 4.39. The number of carbonyl (C=O) groups is 1. The molecule has 202 valence electrons. The molecule has 0 unspecified atom stereocenters. The molecule has 2 heterocycles. The van der Waals surface area contributed by atoms with Gasteiger partial charge >= 0.3 is 0 Å². The predicted octanol–water partition coefficient (Wildman–Crippen LogP) is 5.77.